The Balaban J connectivity index is 2.54. The molecule has 2 aromatic rings. The van der Waals surface area contributed by atoms with E-state index in [1.807, 2.05) is 24.3 Å². The number of rotatable bonds is 3. The van der Waals surface area contributed by atoms with Crippen molar-refractivity contribution in [1.29, 1.82) is 0 Å². The summed E-state index contributed by atoms with van der Waals surface area (Å²) in [7, 11) is 0. The van der Waals surface area contributed by atoms with Gasteiger partial charge < -0.3 is 5.73 Å². The largest absolute Gasteiger partial charge is 0.383 e. The second-order valence-corrected chi connectivity index (χ2v) is 6.70. The van der Waals surface area contributed by atoms with Gasteiger partial charge in [0.05, 0.1) is 9.26 Å². The summed E-state index contributed by atoms with van der Waals surface area (Å²) in [6.45, 7) is 4.35. The monoisotopic (exact) mass is 431 g/mol. The van der Waals surface area contributed by atoms with Crippen LogP contribution in [0.4, 0.5) is 5.82 Å². The first-order valence-corrected chi connectivity index (χ1v) is 7.93. The van der Waals surface area contributed by atoms with Crippen molar-refractivity contribution in [2.24, 2.45) is 5.92 Å². The second kappa shape index (κ2) is 6.17. The number of nitrogens with zero attached hydrogens (tertiary/aromatic N) is 2. The average Bonchev–Trinajstić information content (AvgIpc) is 2.35. The van der Waals surface area contributed by atoms with Gasteiger partial charge in [0.1, 0.15) is 5.82 Å². The zero-order valence-corrected chi connectivity index (χ0v) is 14.6. The fourth-order valence-electron chi connectivity index (χ4n) is 1.80. The Hall–Kier alpha value is -0.690. The van der Waals surface area contributed by atoms with Crippen molar-refractivity contribution in [2.75, 3.05) is 5.73 Å². The van der Waals surface area contributed by atoms with Crippen LogP contribution in [-0.4, -0.2) is 9.97 Å². The molecule has 0 aliphatic rings. The molecule has 0 fully saturated rings. The van der Waals surface area contributed by atoms with Crippen molar-refractivity contribution >= 4 is 44.3 Å². The van der Waals surface area contributed by atoms with Crippen LogP contribution in [0.1, 0.15) is 19.5 Å². The molecule has 1 heterocycles. The number of hydrogen-bond donors (Lipinski definition) is 1. The summed E-state index contributed by atoms with van der Waals surface area (Å²) >= 11 is 5.75. The molecule has 0 unspecified atom stereocenters. The molecule has 2 rings (SSSR count). The second-order valence-electron chi connectivity index (χ2n) is 4.77. The predicted octanol–water partition coefficient (Wildman–Crippen LogP) is 4.29. The fourth-order valence-corrected chi connectivity index (χ4v) is 2.72. The van der Waals surface area contributed by atoms with E-state index < -0.39 is 0 Å². The molecule has 5 heteroatoms. The van der Waals surface area contributed by atoms with Crippen molar-refractivity contribution < 1.29 is 0 Å². The molecular weight excluding hydrogens is 417 g/mol. The van der Waals surface area contributed by atoms with Crippen LogP contribution in [0.5, 0.6) is 0 Å². The maximum atomic E-state index is 6.01. The van der Waals surface area contributed by atoms with E-state index in [0.717, 1.165) is 25.7 Å². The smallest absolute Gasteiger partial charge is 0.162 e. The van der Waals surface area contributed by atoms with E-state index in [2.05, 4.69) is 62.3 Å². The lowest BCUT2D eigenvalue weighted by Crippen LogP contribution is -2.07. The van der Waals surface area contributed by atoms with Gasteiger partial charge in [-0.05, 0) is 41.0 Å². The molecule has 19 heavy (non-hydrogen) atoms. The zero-order valence-electron chi connectivity index (χ0n) is 10.8. The number of halogens is 2. The van der Waals surface area contributed by atoms with Gasteiger partial charge in [-0.3, -0.25) is 0 Å². The molecule has 0 bridgehead atoms. The maximum Gasteiger partial charge on any atom is 0.162 e. The highest BCUT2D eigenvalue weighted by Crippen LogP contribution is 2.28. The standard InChI is InChI=1S/C14H15BrIN3/c1-8(2)7-11-12(16)13(17)19-14(18-11)9-5-3-4-6-10(9)15/h3-6,8H,7H2,1-2H3,(H2,17,18,19). The minimum Gasteiger partial charge on any atom is -0.383 e. The van der Waals surface area contributed by atoms with Gasteiger partial charge in [0.2, 0.25) is 0 Å². The van der Waals surface area contributed by atoms with E-state index >= 15 is 0 Å². The lowest BCUT2D eigenvalue weighted by molar-refractivity contribution is 0.632. The van der Waals surface area contributed by atoms with Crippen molar-refractivity contribution in [1.82, 2.24) is 9.97 Å². The molecule has 1 aromatic heterocycles. The lowest BCUT2D eigenvalue weighted by atomic mass is 10.1. The first-order chi connectivity index (χ1) is 8.99. The van der Waals surface area contributed by atoms with Gasteiger partial charge in [0.25, 0.3) is 0 Å². The van der Waals surface area contributed by atoms with Crippen LogP contribution in [0.2, 0.25) is 0 Å². The fraction of sp³-hybridized carbons (Fsp3) is 0.286. The number of hydrogen-bond acceptors (Lipinski definition) is 3. The predicted molar refractivity (Wildman–Crippen MR) is 90.8 cm³/mol. The van der Waals surface area contributed by atoms with Gasteiger partial charge in [0.15, 0.2) is 5.82 Å². The van der Waals surface area contributed by atoms with Crippen molar-refractivity contribution in [3.8, 4) is 11.4 Å². The molecule has 100 valence electrons. The third-order valence-electron chi connectivity index (χ3n) is 2.66. The Labute approximate surface area is 135 Å². The Kier molecular flexibility index (Phi) is 4.78. The summed E-state index contributed by atoms with van der Waals surface area (Å²) in [5.41, 5.74) is 8.00. The molecule has 2 N–H and O–H groups in total. The third-order valence-corrected chi connectivity index (χ3v) is 4.53. The molecule has 0 saturated heterocycles. The summed E-state index contributed by atoms with van der Waals surface area (Å²) in [4.78, 5) is 9.08. The molecule has 3 nitrogen and oxygen atoms in total. The highest BCUT2D eigenvalue weighted by Gasteiger charge is 2.14. The number of benzene rings is 1. The van der Waals surface area contributed by atoms with Crippen molar-refractivity contribution in [3.05, 3.63) is 38.0 Å². The van der Waals surface area contributed by atoms with Crippen LogP contribution in [-0.2, 0) is 6.42 Å². The Morgan fingerprint density at radius 1 is 1.26 bits per heavy atom. The SMILES string of the molecule is CC(C)Cc1nc(-c2ccccc2Br)nc(N)c1I. The minimum atomic E-state index is 0.537. The number of anilines is 1. The molecule has 1 aromatic carbocycles. The molecule has 0 atom stereocenters. The van der Waals surface area contributed by atoms with Crippen LogP contribution < -0.4 is 5.73 Å². The van der Waals surface area contributed by atoms with E-state index in [9.17, 15) is 0 Å². The third kappa shape index (κ3) is 3.45. The topological polar surface area (TPSA) is 51.8 Å². The summed E-state index contributed by atoms with van der Waals surface area (Å²) < 4.78 is 1.94. The van der Waals surface area contributed by atoms with Crippen LogP contribution >= 0.6 is 38.5 Å². The lowest BCUT2D eigenvalue weighted by Gasteiger charge is -2.11. The summed E-state index contributed by atoms with van der Waals surface area (Å²) in [6, 6.07) is 7.91. The Morgan fingerprint density at radius 3 is 2.58 bits per heavy atom. The molecule has 0 spiro atoms. The molecule has 0 aliphatic carbocycles. The number of nitrogens with two attached hydrogens (primary N) is 1. The highest BCUT2D eigenvalue weighted by atomic mass is 127. The van der Waals surface area contributed by atoms with Gasteiger partial charge in [-0.15, -0.1) is 0 Å². The normalized spacial score (nSPS) is 11.0. The van der Waals surface area contributed by atoms with Crippen LogP contribution in [0.15, 0.2) is 28.7 Å². The Bertz CT molecular complexity index is 599. The van der Waals surface area contributed by atoms with Crippen molar-refractivity contribution in [2.45, 2.75) is 20.3 Å². The van der Waals surface area contributed by atoms with E-state index in [0.29, 0.717) is 17.6 Å². The highest BCUT2D eigenvalue weighted by molar-refractivity contribution is 14.1. The first kappa shape index (κ1) is 14.7. The zero-order chi connectivity index (χ0) is 14.0. The Morgan fingerprint density at radius 2 is 1.95 bits per heavy atom. The molecule has 0 saturated carbocycles. The average molecular weight is 432 g/mol. The van der Waals surface area contributed by atoms with Gasteiger partial charge in [-0.1, -0.05) is 48.0 Å². The van der Waals surface area contributed by atoms with E-state index in [4.69, 9.17) is 5.73 Å². The van der Waals surface area contributed by atoms with Gasteiger partial charge >= 0.3 is 0 Å². The molecule has 0 radical (unpaired) electrons. The minimum absolute atomic E-state index is 0.537. The quantitative estimate of drug-likeness (QED) is 0.737. The van der Waals surface area contributed by atoms with Crippen LogP contribution in [0, 0.1) is 9.49 Å². The number of nitrogen functional groups attached to an aromatic ring is 1. The van der Waals surface area contributed by atoms with Gasteiger partial charge in [0, 0.05) is 10.0 Å². The van der Waals surface area contributed by atoms with Crippen LogP contribution in [0.3, 0.4) is 0 Å². The number of aromatic nitrogens is 2. The van der Waals surface area contributed by atoms with Crippen molar-refractivity contribution in [3.63, 3.8) is 0 Å². The van der Waals surface area contributed by atoms with Gasteiger partial charge in [-0.2, -0.15) is 0 Å². The summed E-state index contributed by atoms with van der Waals surface area (Å²) in [5.74, 6) is 1.77. The van der Waals surface area contributed by atoms with Gasteiger partial charge in [-0.25, -0.2) is 9.97 Å². The summed E-state index contributed by atoms with van der Waals surface area (Å²) in [5, 5.41) is 0. The van der Waals surface area contributed by atoms with E-state index in [-0.39, 0.29) is 0 Å². The molecule has 0 aliphatic heterocycles. The first-order valence-electron chi connectivity index (χ1n) is 6.05. The summed E-state index contributed by atoms with van der Waals surface area (Å²) in [6.07, 6.45) is 0.905. The maximum absolute atomic E-state index is 6.01. The van der Waals surface area contributed by atoms with E-state index in [1.165, 1.54) is 0 Å². The molecular formula is C14H15BrIN3. The van der Waals surface area contributed by atoms with E-state index in [1.54, 1.807) is 0 Å². The van der Waals surface area contributed by atoms with Crippen LogP contribution in [0.25, 0.3) is 11.4 Å². The molecule has 0 amide bonds.